The summed E-state index contributed by atoms with van der Waals surface area (Å²) in [6, 6.07) is 8.09. The number of sulfone groups is 1. The Balaban J connectivity index is 0.00000100. The van der Waals surface area contributed by atoms with Gasteiger partial charge in [-0.2, -0.15) is 0 Å². The Labute approximate surface area is 146 Å². The van der Waals surface area contributed by atoms with Gasteiger partial charge in [-0.3, -0.25) is 4.90 Å². The molecule has 0 amide bonds. The van der Waals surface area contributed by atoms with Crippen LogP contribution in [0.2, 0.25) is 0 Å². The molecule has 2 aliphatic rings. The van der Waals surface area contributed by atoms with Crippen molar-refractivity contribution < 1.29 is 8.42 Å². The van der Waals surface area contributed by atoms with Gasteiger partial charge in [0.2, 0.25) is 0 Å². The molecule has 3 rings (SSSR count). The predicted molar refractivity (Wildman–Crippen MR) is 101 cm³/mol. The van der Waals surface area contributed by atoms with Crippen LogP contribution in [0, 0.1) is 0 Å². The molecule has 1 aromatic carbocycles. The third kappa shape index (κ3) is 4.10. The quantitative estimate of drug-likeness (QED) is 0.897. The summed E-state index contributed by atoms with van der Waals surface area (Å²) in [5.74, 6) is 0. The van der Waals surface area contributed by atoms with E-state index in [-0.39, 0.29) is 5.25 Å². The Morgan fingerprint density at radius 2 is 1.71 bits per heavy atom. The SMILES string of the molecule is CC.CC(C)S(=O)(=O)c1cccc(N2CCN(C3CNC3)CC2)c1. The summed E-state index contributed by atoms with van der Waals surface area (Å²) >= 11 is 0. The summed E-state index contributed by atoms with van der Waals surface area (Å²) in [5, 5.41) is 2.93. The first-order chi connectivity index (χ1) is 11.5. The second kappa shape index (κ2) is 8.32. The zero-order valence-corrected chi connectivity index (χ0v) is 16.1. The number of nitrogens with zero attached hydrogens (tertiary/aromatic N) is 2. The third-order valence-electron chi connectivity index (χ3n) is 4.72. The lowest BCUT2D eigenvalue weighted by Gasteiger charge is -2.44. The van der Waals surface area contributed by atoms with Gasteiger partial charge >= 0.3 is 0 Å². The van der Waals surface area contributed by atoms with Crippen molar-refractivity contribution in [3.05, 3.63) is 24.3 Å². The molecular formula is C18H31N3O2S. The minimum atomic E-state index is -3.20. The van der Waals surface area contributed by atoms with Gasteiger partial charge in [0.25, 0.3) is 0 Å². The van der Waals surface area contributed by atoms with E-state index in [1.807, 2.05) is 32.0 Å². The smallest absolute Gasteiger partial charge is 0.180 e. The molecule has 6 heteroatoms. The fraction of sp³-hybridized carbons (Fsp3) is 0.667. The van der Waals surface area contributed by atoms with Crippen LogP contribution in [0.1, 0.15) is 27.7 Å². The van der Waals surface area contributed by atoms with Crippen molar-refractivity contribution in [3.63, 3.8) is 0 Å². The van der Waals surface area contributed by atoms with Gasteiger partial charge in [0, 0.05) is 51.0 Å². The Kier molecular flexibility index (Phi) is 6.66. The first kappa shape index (κ1) is 19.2. The molecule has 0 atom stereocenters. The topological polar surface area (TPSA) is 52.7 Å². The average Bonchev–Trinajstić information content (AvgIpc) is 2.56. The van der Waals surface area contributed by atoms with Crippen LogP contribution in [-0.4, -0.2) is 63.9 Å². The normalized spacial score (nSPS) is 19.6. The van der Waals surface area contributed by atoms with Gasteiger partial charge in [-0.15, -0.1) is 0 Å². The van der Waals surface area contributed by atoms with Crippen molar-refractivity contribution in [2.45, 2.75) is 43.9 Å². The highest BCUT2D eigenvalue weighted by atomic mass is 32.2. The van der Waals surface area contributed by atoms with E-state index in [1.165, 1.54) is 0 Å². The molecule has 1 aromatic rings. The van der Waals surface area contributed by atoms with E-state index in [0.717, 1.165) is 45.0 Å². The van der Waals surface area contributed by atoms with Crippen LogP contribution in [0.25, 0.3) is 0 Å². The van der Waals surface area contributed by atoms with Crippen molar-refractivity contribution in [1.82, 2.24) is 10.2 Å². The Morgan fingerprint density at radius 1 is 1.08 bits per heavy atom. The molecule has 0 unspecified atom stereocenters. The monoisotopic (exact) mass is 353 g/mol. The molecular weight excluding hydrogens is 322 g/mol. The van der Waals surface area contributed by atoms with E-state index in [4.69, 9.17) is 0 Å². The number of piperazine rings is 1. The summed E-state index contributed by atoms with van der Waals surface area (Å²) in [4.78, 5) is 5.26. The van der Waals surface area contributed by atoms with Crippen LogP contribution in [0.15, 0.2) is 29.2 Å². The highest BCUT2D eigenvalue weighted by Gasteiger charge is 2.28. The van der Waals surface area contributed by atoms with Crippen molar-refractivity contribution in [1.29, 1.82) is 0 Å². The number of benzene rings is 1. The van der Waals surface area contributed by atoms with Crippen LogP contribution < -0.4 is 10.2 Å². The maximum Gasteiger partial charge on any atom is 0.180 e. The van der Waals surface area contributed by atoms with Gasteiger partial charge in [0.05, 0.1) is 10.1 Å². The first-order valence-corrected chi connectivity index (χ1v) is 10.6. The Hall–Kier alpha value is -1.11. The summed E-state index contributed by atoms with van der Waals surface area (Å²) < 4.78 is 24.6. The molecule has 2 fully saturated rings. The van der Waals surface area contributed by atoms with Crippen molar-refractivity contribution in [2.24, 2.45) is 0 Å². The Bertz CT molecular complexity index is 619. The van der Waals surface area contributed by atoms with E-state index in [2.05, 4.69) is 15.1 Å². The van der Waals surface area contributed by atoms with Crippen LogP contribution in [-0.2, 0) is 9.84 Å². The highest BCUT2D eigenvalue weighted by Crippen LogP contribution is 2.24. The second-order valence-corrected chi connectivity index (χ2v) is 8.93. The second-order valence-electron chi connectivity index (χ2n) is 6.43. The van der Waals surface area contributed by atoms with Gasteiger partial charge in [-0.1, -0.05) is 19.9 Å². The van der Waals surface area contributed by atoms with Gasteiger partial charge < -0.3 is 10.2 Å². The molecule has 2 heterocycles. The minimum absolute atomic E-state index is 0.384. The lowest BCUT2D eigenvalue weighted by atomic mass is 10.1. The molecule has 136 valence electrons. The molecule has 2 saturated heterocycles. The number of anilines is 1. The lowest BCUT2D eigenvalue weighted by Crippen LogP contribution is -2.61. The molecule has 0 aromatic heterocycles. The summed E-state index contributed by atoms with van der Waals surface area (Å²) in [6.45, 7) is 13.7. The van der Waals surface area contributed by atoms with Crippen LogP contribution in [0.4, 0.5) is 5.69 Å². The van der Waals surface area contributed by atoms with Crippen molar-refractivity contribution in [3.8, 4) is 0 Å². The van der Waals surface area contributed by atoms with Crippen LogP contribution in [0.5, 0.6) is 0 Å². The molecule has 1 N–H and O–H groups in total. The predicted octanol–water partition coefficient (Wildman–Crippen LogP) is 1.99. The van der Waals surface area contributed by atoms with Gasteiger partial charge in [0.1, 0.15) is 0 Å². The highest BCUT2D eigenvalue weighted by molar-refractivity contribution is 7.92. The van der Waals surface area contributed by atoms with Crippen LogP contribution >= 0.6 is 0 Å². The van der Waals surface area contributed by atoms with Gasteiger partial charge in [-0.05, 0) is 32.0 Å². The summed E-state index contributed by atoms with van der Waals surface area (Å²) in [6.07, 6.45) is 0. The molecule has 0 aliphatic carbocycles. The minimum Gasteiger partial charge on any atom is -0.369 e. The molecule has 0 bridgehead atoms. The van der Waals surface area contributed by atoms with Gasteiger partial charge in [0.15, 0.2) is 9.84 Å². The lowest BCUT2D eigenvalue weighted by molar-refractivity contribution is 0.138. The Morgan fingerprint density at radius 3 is 2.21 bits per heavy atom. The van der Waals surface area contributed by atoms with Crippen LogP contribution in [0.3, 0.4) is 0 Å². The maximum absolute atomic E-state index is 12.3. The third-order valence-corrected chi connectivity index (χ3v) is 6.87. The van der Waals surface area contributed by atoms with E-state index >= 15 is 0 Å². The zero-order chi connectivity index (χ0) is 17.7. The number of nitrogens with one attached hydrogen (secondary N) is 1. The molecule has 0 saturated carbocycles. The van der Waals surface area contributed by atoms with E-state index in [0.29, 0.717) is 10.9 Å². The summed E-state index contributed by atoms with van der Waals surface area (Å²) in [7, 11) is -3.20. The first-order valence-electron chi connectivity index (χ1n) is 9.02. The largest absolute Gasteiger partial charge is 0.369 e. The van der Waals surface area contributed by atoms with E-state index < -0.39 is 9.84 Å². The number of hydrogen-bond donors (Lipinski definition) is 1. The summed E-state index contributed by atoms with van der Waals surface area (Å²) in [5.41, 5.74) is 1.02. The van der Waals surface area contributed by atoms with E-state index in [1.54, 1.807) is 19.9 Å². The molecule has 0 spiro atoms. The molecule has 0 radical (unpaired) electrons. The van der Waals surface area contributed by atoms with E-state index in [9.17, 15) is 8.42 Å². The standard InChI is InChI=1S/C16H25N3O2S.C2H6/c1-13(2)22(20,21)16-5-3-4-14(10-16)18-6-8-19(9-7-18)15-11-17-12-15;1-2/h3-5,10,13,15,17H,6-9,11-12H2,1-2H3;1-2H3. The fourth-order valence-electron chi connectivity index (χ4n) is 3.01. The molecule has 2 aliphatic heterocycles. The van der Waals surface area contributed by atoms with Gasteiger partial charge in [-0.25, -0.2) is 8.42 Å². The molecule has 5 nitrogen and oxygen atoms in total. The number of hydrogen-bond acceptors (Lipinski definition) is 5. The average molecular weight is 354 g/mol. The van der Waals surface area contributed by atoms with Crippen molar-refractivity contribution in [2.75, 3.05) is 44.2 Å². The molecule has 24 heavy (non-hydrogen) atoms. The fourth-order valence-corrected chi connectivity index (χ4v) is 4.10. The van der Waals surface area contributed by atoms with Crippen molar-refractivity contribution >= 4 is 15.5 Å². The number of rotatable bonds is 4. The maximum atomic E-state index is 12.3. The zero-order valence-electron chi connectivity index (χ0n) is 15.3.